The SMILES string of the molecule is COc1cc2c(cc1OC)C(c1ccccc1S(=O)(=O)C(C)C)=NCC2. The number of hydrogen-bond acceptors (Lipinski definition) is 5. The highest BCUT2D eigenvalue weighted by Gasteiger charge is 2.27. The zero-order valence-corrected chi connectivity index (χ0v) is 16.3. The van der Waals surface area contributed by atoms with Crippen LogP contribution in [0.25, 0.3) is 0 Å². The van der Waals surface area contributed by atoms with E-state index < -0.39 is 15.1 Å². The fourth-order valence-electron chi connectivity index (χ4n) is 3.12. The van der Waals surface area contributed by atoms with Crippen LogP contribution < -0.4 is 9.47 Å². The topological polar surface area (TPSA) is 65.0 Å². The predicted molar refractivity (Wildman–Crippen MR) is 103 cm³/mol. The summed E-state index contributed by atoms with van der Waals surface area (Å²) in [7, 11) is -0.237. The Bertz CT molecular complexity index is 962. The third-order valence-electron chi connectivity index (χ3n) is 4.58. The molecule has 1 heterocycles. The average molecular weight is 373 g/mol. The summed E-state index contributed by atoms with van der Waals surface area (Å²) in [6.45, 7) is 3.99. The summed E-state index contributed by atoms with van der Waals surface area (Å²) in [5.41, 5.74) is 3.28. The molecule has 0 fully saturated rings. The normalized spacial score (nSPS) is 14.0. The van der Waals surface area contributed by atoms with Crippen LogP contribution in [0.1, 0.15) is 30.5 Å². The molecule has 0 atom stereocenters. The van der Waals surface area contributed by atoms with Gasteiger partial charge >= 0.3 is 0 Å². The summed E-state index contributed by atoms with van der Waals surface area (Å²) < 4.78 is 36.5. The summed E-state index contributed by atoms with van der Waals surface area (Å²) in [5, 5.41) is -0.502. The van der Waals surface area contributed by atoms with Gasteiger partial charge in [0.25, 0.3) is 0 Å². The molecule has 2 aromatic carbocycles. The van der Waals surface area contributed by atoms with E-state index in [1.165, 1.54) is 0 Å². The number of methoxy groups -OCH3 is 2. The van der Waals surface area contributed by atoms with Gasteiger partial charge in [0.1, 0.15) is 0 Å². The molecule has 5 nitrogen and oxygen atoms in total. The van der Waals surface area contributed by atoms with Gasteiger partial charge in [0, 0.05) is 17.7 Å². The molecule has 0 bridgehead atoms. The summed E-state index contributed by atoms with van der Waals surface area (Å²) >= 11 is 0. The lowest BCUT2D eigenvalue weighted by Gasteiger charge is -2.22. The third kappa shape index (κ3) is 3.09. The van der Waals surface area contributed by atoms with Crippen molar-refractivity contribution in [2.45, 2.75) is 30.4 Å². The lowest BCUT2D eigenvalue weighted by Crippen LogP contribution is -2.21. The van der Waals surface area contributed by atoms with Crippen molar-refractivity contribution in [2.24, 2.45) is 4.99 Å². The minimum absolute atomic E-state index is 0.316. The quantitative estimate of drug-likeness (QED) is 0.807. The smallest absolute Gasteiger partial charge is 0.181 e. The lowest BCUT2D eigenvalue weighted by molar-refractivity contribution is 0.354. The Morgan fingerprint density at radius 1 is 1.00 bits per heavy atom. The van der Waals surface area contributed by atoms with Gasteiger partial charge in [-0.25, -0.2) is 8.42 Å². The second-order valence-corrected chi connectivity index (χ2v) is 8.91. The number of fused-ring (bicyclic) bond motifs is 1. The van der Waals surface area contributed by atoms with E-state index in [-0.39, 0.29) is 0 Å². The molecule has 26 heavy (non-hydrogen) atoms. The first kappa shape index (κ1) is 18.5. The van der Waals surface area contributed by atoms with Gasteiger partial charge in [-0.3, -0.25) is 4.99 Å². The molecular weight excluding hydrogens is 350 g/mol. The van der Waals surface area contributed by atoms with E-state index >= 15 is 0 Å². The van der Waals surface area contributed by atoms with Gasteiger partial charge in [-0.2, -0.15) is 0 Å². The molecule has 0 unspecified atom stereocenters. The molecule has 1 aliphatic heterocycles. The molecule has 0 saturated heterocycles. The van der Waals surface area contributed by atoms with E-state index in [1.807, 2.05) is 24.3 Å². The number of ether oxygens (including phenoxy) is 2. The van der Waals surface area contributed by atoms with Crippen molar-refractivity contribution in [3.63, 3.8) is 0 Å². The van der Waals surface area contributed by atoms with Crippen LogP contribution in [0.4, 0.5) is 0 Å². The monoisotopic (exact) mass is 373 g/mol. The Balaban J connectivity index is 2.22. The van der Waals surface area contributed by atoms with Gasteiger partial charge in [-0.05, 0) is 44.0 Å². The molecule has 0 aromatic heterocycles. The van der Waals surface area contributed by atoms with Crippen LogP contribution in [-0.4, -0.2) is 40.1 Å². The van der Waals surface area contributed by atoms with Crippen molar-refractivity contribution in [3.8, 4) is 11.5 Å². The zero-order valence-electron chi connectivity index (χ0n) is 15.4. The van der Waals surface area contributed by atoms with Crippen LogP contribution in [0.3, 0.4) is 0 Å². The molecule has 0 spiro atoms. The molecular formula is C20H23NO4S. The summed E-state index contributed by atoms with van der Waals surface area (Å²) in [5.74, 6) is 1.26. The molecule has 0 N–H and O–H groups in total. The first-order valence-electron chi connectivity index (χ1n) is 8.53. The van der Waals surface area contributed by atoms with E-state index in [0.29, 0.717) is 34.2 Å². The number of rotatable bonds is 5. The van der Waals surface area contributed by atoms with Crippen molar-refractivity contribution in [3.05, 3.63) is 53.1 Å². The van der Waals surface area contributed by atoms with Crippen LogP contribution in [0.5, 0.6) is 11.5 Å². The number of aliphatic imine (C=N–C) groups is 1. The summed E-state index contributed by atoms with van der Waals surface area (Å²) in [6.07, 6.45) is 0.776. The zero-order chi connectivity index (χ0) is 18.9. The van der Waals surface area contributed by atoms with Gasteiger partial charge in [-0.15, -0.1) is 0 Å². The minimum Gasteiger partial charge on any atom is -0.493 e. The highest BCUT2D eigenvalue weighted by Crippen LogP contribution is 2.35. The van der Waals surface area contributed by atoms with Gasteiger partial charge in [0.2, 0.25) is 0 Å². The molecule has 1 aliphatic rings. The van der Waals surface area contributed by atoms with Crippen LogP contribution in [0, 0.1) is 0 Å². The van der Waals surface area contributed by atoms with Crippen LogP contribution >= 0.6 is 0 Å². The largest absolute Gasteiger partial charge is 0.493 e. The van der Waals surface area contributed by atoms with Gasteiger partial charge in [-0.1, -0.05) is 18.2 Å². The van der Waals surface area contributed by atoms with Crippen LogP contribution in [-0.2, 0) is 16.3 Å². The number of hydrogen-bond donors (Lipinski definition) is 0. The average Bonchev–Trinajstić information content (AvgIpc) is 2.66. The maximum atomic E-state index is 12.8. The second kappa shape index (κ2) is 7.11. The molecule has 2 aromatic rings. The van der Waals surface area contributed by atoms with E-state index in [1.54, 1.807) is 40.2 Å². The second-order valence-electron chi connectivity index (χ2n) is 6.43. The molecule has 0 saturated carbocycles. The standard InChI is InChI=1S/C20H23NO4S/c1-13(2)26(22,23)19-8-6-5-7-15(19)20-16-12-18(25-4)17(24-3)11-14(16)9-10-21-20/h5-8,11-13H,9-10H2,1-4H3. The van der Waals surface area contributed by atoms with Crippen LogP contribution in [0.2, 0.25) is 0 Å². The van der Waals surface area contributed by atoms with Crippen molar-refractivity contribution in [1.29, 1.82) is 0 Å². The van der Waals surface area contributed by atoms with Crippen molar-refractivity contribution in [1.82, 2.24) is 0 Å². The number of nitrogens with zero attached hydrogens (tertiary/aromatic N) is 1. The first-order chi connectivity index (χ1) is 12.4. The Morgan fingerprint density at radius 2 is 1.65 bits per heavy atom. The molecule has 0 aliphatic carbocycles. The van der Waals surface area contributed by atoms with E-state index in [4.69, 9.17) is 9.47 Å². The Labute approximate surface area is 154 Å². The summed E-state index contributed by atoms with van der Waals surface area (Å²) in [4.78, 5) is 4.98. The van der Waals surface area contributed by atoms with Gasteiger partial charge in [0.15, 0.2) is 21.3 Å². The van der Waals surface area contributed by atoms with Gasteiger partial charge in [0.05, 0.1) is 30.1 Å². The van der Waals surface area contributed by atoms with Crippen molar-refractivity contribution < 1.29 is 17.9 Å². The maximum Gasteiger partial charge on any atom is 0.181 e. The van der Waals surface area contributed by atoms with Crippen LogP contribution in [0.15, 0.2) is 46.3 Å². The maximum absolute atomic E-state index is 12.8. The minimum atomic E-state index is -3.42. The van der Waals surface area contributed by atoms with Gasteiger partial charge < -0.3 is 9.47 Å². The molecule has 0 radical (unpaired) electrons. The molecule has 0 amide bonds. The highest BCUT2D eigenvalue weighted by molar-refractivity contribution is 7.92. The Hall–Kier alpha value is -2.34. The lowest BCUT2D eigenvalue weighted by atomic mass is 9.92. The molecule has 138 valence electrons. The van der Waals surface area contributed by atoms with E-state index in [2.05, 4.69) is 4.99 Å². The fourth-order valence-corrected chi connectivity index (χ4v) is 4.36. The Kier molecular flexibility index (Phi) is 5.05. The van der Waals surface area contributed by atoms with Crippen molar-refractivity contribution in [2.75, 3.05) is 20.8 Å². The Morgan fingerprint density at radius 3 is 2.31 bits per heavy atom. The number of sulfone groups is 1. The highest BCUT2D eigenvalue weighted by atomic mass is 32.2. The first-order valence-corrected chi connectivity index (χ1v) is 10.1. The molecule has 6 heteroatoms. The fraction of sp³-hybridized carbons (Fsp3) is 0.350. The summed E-state index contributed by atoms with van der Waals surface area (Å²) in [6, 6.07) is 10.9. The van der Waals surface area contributed by atoms with Crippen molar-refractivity contribution >= 4 is 15.5 Å². The molecule has 3 rings (SSSR count). The predicted octanol–water partition coefficient (Wildman–Crippen LogP) is 3.28. The number of benzene rings is 2. The third-order valence-corrected chi connectivity index (χ3v) is 6.80. The van der Waals surface area contributed by atoms with E-state index in [0.717, 1.165) is 17.5 Å². The van der Waals surface area contributed by atoms with E-state index in [9.17, 15) is 8.42 Å².